The number of benzene rings is 1. The Morgan fingerprint density at radius 2 is 2.17 bits per heavy atom. The summed E-state index contributed by atoms with van der Waals surface area (Å²) in [5.41, 5.74) is 0.0576. The third kappa shape index (κ3) is 3.44. The Morgan fingerprint density at radius 1 is 1.37 bits per heavy atom. The van der Waals surface area contributed by atoms with Crippen LogP contribution in [0, 0.1) is 0 Å². The molecule has 1 amide bonds. The van der Waals surface area contributed by atoms with Crippen molar-refractivity contribution < 1.29 is 33.3 Å². The summed E-state index contributed by atoms with van der Waals surface area (Å²) in [6.07, 6.45) is -3.35. The third-order valence-electron chi connectivity index (χ3n) is 5.06. The summed E-state index contributed by atoms with van der Waals surface area (Å²) in [5, 5.41) is 21.1. The van der Waals surface area contributed by atoms with E-state index in [1.165, 1.54) is 0 Å². The summed E-state index contributed by atoms with van der Waals surface area (Å²) >= 11 is 0. The standard InChI is InChI=1S/C19H19F2N3O6/c20-19(21)15(26)12(9-25)30-17(19)24-7-6-13(23-18(24)28)22-16(27)11-5-1-3-10-4-2-8-29-14(10)11/h1,3,5-7,12,15,17,25-26H,2,4,8-9H2,(H,22,23,27,28)/t12-,15-,17?/m1/s1. The number of hydrogen-bond donors (Lipinski definition) is 3. The molecular weight excluding hydrogens is 404 g/mol. The lowest BCUT2D eigenvalue weighted by Crippen LogP contribution is -2.41. The van der Waals surface area contributed by atoms with E-state index in [-0.39, 0.29) is 11.4 Å². The maximum atomic E-state index is 14.2. The molecule has 0 saturated carbocycles. The monoisotopic (exact) mass is 423 g/mol. The fourth-order valence-electron chi connectivity index (χ4n) is 3.53. The first-order valence-electron chi connectivity index (χ1n) is 9.30. The Balaban J connectivity index is 1.56. The molecule has 160 valence electrons. The van der Waals surface area contributed by atoms with E-state index in [0.717, 1.165) is 30.7 Å². The third-order valence-corrected chi connectivity index (χ3v) is 5.06. The molecule has 0 bridgehead atoms. The number of amides is 1. The predicted octanol–water partition coefficient (Wildman–Crippen LogP) is 0.706. The largest absolute Gasteiger partial charge is 0.492 e. The molecule has 1 unspecified atom stereocenters. The molecule has 9 nitrogen and oxygen atoms in total. The Morgan fingerprint density at radius 3 is 2.87 bits per heavy atom. The van der Waals surface area contributed by atoms with Crippen LogP contribution in [0.4, 0.5) is 14.6 Å². The average molecular weight is 423 g/mol. The first-order valence-corrected chi connectivity index (χ1v) is 9.30. The quantitative estimate of drug-likeness (QED) is 0.662. The molecule has 3 heterocycles. The number of hydrogen-bond acceptors (Lipinski definition) is 7. The van der Waals surface area contributed by atoms with E-state index in [4.69, 9.17) is 14.6 Å². The highest BCUT2D eigenvalue weighted by atomic mass is 19.3. The van der Waals surface area contributed by atoms with Crippen molar-refractivity contribution in [2.45, 2.75) is 37.2 Å². The van der Waals surface area contributed by atoms with Crippen LogP contribution in [0.5, 0.6) is 5.75 Å². The summed E-state index contributed by atoms with van der Waals surface area (Å²) in [6, 6.07) is 6.31. The minimum Gasteiger partial charge on any atom is -0.492 e. The molecule has 3 N–H and O–H groups in total. The second kappa shape index (κ2) is 7.74. The normalized spacial score (nSPS) is 24.7. The van der Waals surface area contributed by atoms with Gasteiger partial charge in [0.25, 0.3) is 5.91 Å². The molecule has 2 aromatic rings. The lowest BCUT2D eigenvalue weighted by atomic mass is 10.0. The molecule has 2 aliphatic heterocycles. The van der Waals surface area contributed by atoms with E-state index >= 15 is 0 Å². The zero-order chi connectivity index (χ0) is 21.5. The Bertz CT molecular complexity index is 1030. The predicted molar refractivity (Wildman–Crippen MR) is 98.7 cm³/mol. The molecule has 0 aliphatic carbocycles. The van der Waals surface area contributed by atoms with Crippen molar-refractivity contribution in [1.29, 1.82) is 0 Å². The fraction of sp³-hybridized carbons (Fsp3) is 0.421. The molecule has 2 aliphatic rings. The van der Waals surface area contributed by atoms with Gasteiger partial charge < -0.3 is 25.0 Å². The van der Waals surface area contributed by atoms with E-state index in [1.807, 2.05) is 6.07 Å². The first-order chi connectivity index (χ1) is 14.3. The SMILES string of the molecule is O=C(Nc1ccn(C2O[C@H](CO)[C@@H](O)C2(F)F)c(=O)n1)c1cccc2c1OCCC2. The number of aromatic nitrogens is 2. The van der Waals surface area contributed by atoms with Gasteiger partial charge in [-0.05, 0) is 30.5 Å². The van der Waals surface area contributed by atoms with E-state index in [1.54, 1.807) is 12.1 Å². The number of ether oxygens (including phenoxy) is 2. The average Bonchev–Trinajstić information content (AvgIpc) is 2.96. The summed E-state index contributed by atoms with van der Waals surface area (Å²) < 4.78 is 39.5. The number of alkyl halides is 2. The van der Waals surface area contributed by atoms with Crippen LogP contribution in [0.25, 0.3) is 0 Å². The van der Waals surface area contributed by atoms with Gasteiger partial charge in [-0.1, -0.05) is 12.1 Å². The molecule has 1 aromatic heterocycles. The van der Waals surface area contributed by atoms with Crippen molar-refractivity contribution in [2.24, 2.45) is 0 Å². The lowest BCUT2D eigenvalue weighted by Gasteiger charge is -2.21. The zero-order valence-corrected chi connectivity index (χ0v) is 15.6. The van der Waals surface area contributed by atoms with Crippen molar-refractivity contribution >= 4 is 11.7 Å². The van der Waals surface area contributed by atoms with Gasteiger partial charge in [-0.3, -0.25) is 9.36 Å². The maximum Gasteiger partial charge on any atom is 0.351 e. The van der Waals surface area contributed by atoms with Gasteiger partial charge in [0, 0.05) is 6.20 Å². The van der Waals surface area contributed by atoms with E-state index in [2.05, 4.69) is 10.3 Å². The highest BCUT2D eigenvalue weighted by Crippen LogP contribution is 2.42. The number of halogens is 2. The van der Waals surface area contributed by atoms with Crippen LogP contribution in [0.3, 0.4) is 0 Å². The zero-order valence-electron chi connectivity index (χ0n) is 15.6. The van der Waals surface area contributed by atoms with Gasteiger partial charge in [0.15, 0.2) is 6.10 Å². The van der Waals surface area contributed by atoms with Crippen LogP contribution in [0.15, 0.2) is 35.3 Å². The van der Waals surface area contributed by atoms with E-state index in [9.17, 15) is 23.5 Å². The molecule has 3 atom stereocenters. The van der Waals surface area contributed by atoms with Crippen molar-refractivity contribution in [3.05, 3.63) is 52.1 Å². The summed E-state index contributed by atoms with van der Waals surface area (Å²) in [6.45, 7) is -0.352. The van der Waals surface area contributed by atoms with Gasteiger partial charge in [0.1, 0.15) is 17.7 Å². The van der Waals surface area contributed by atoms with Crippen LogP contribution in [0.2, 0.25) is 0 Å². The number of carbonyl (C=O) groups excluding carboxylic acids is 1. The van der Waals surface area contributed by atoms with Gasteiger partial charge in [-0.25, -0.2) is 4.79 Å². The van der Waals surface area contributed by atoms with Gasteiger partial charge in [-0.15, -0.1) is 0 Å². The molecule has 1 saturated heterocycles. The number of aliphatic hydroxyl groups is 2. The second-order valence-electron chi connectivity index (χ2n) is 7.03. The molecule has 11 heteroatoms. The lowest BCUT2D eigenvalue weighted by molar-refractivity contribution is -0.140. The van der Waals surface area contributed by atoms with Gasteiger partial charge in [-0.2, -0.15) is 13.8 Å². The Labute approximate surface area is 168 Å². The number of nitrogens with one attached hydrogen (secondary N) is 1. The minimum atomic E-state index is -3.82. The highest BCUT2D eigenvalue weighted by Gasteiger charge is 2.59. The van der Waals surface area contributed by atoms with E-state index in [0.29, 0.717) is 16.9 Å². The van der Waals surface area contributed by atoms with Gasteiger partial charge in [0.2, 0.25) is 6.23 Å². The molecular formula is C19H19F2N3O6. The van der Waals surface area contributed by atoms with Crippen molar-refractivity contribution in [1.82, 2.24) is 9.55 Å². The molecule has 4 rings (SSSR count). The number of nitrogens with zero attached hydrogens (tertiary/aromatic N) is 2. The molecule has 1 fully saturated rings. The molecule has 30 heavy (non-hydrogen) atoms. The number of aliphatic hydroxyl groups excluding tert-OH is 2. The number of aryl methyl sites for hydroxylation is 1. The van der Waals surface area contributed by atoms with Gasteiger partial charge in [0.05, 0.1) is 18.8 Å². The van der Waals surface area contributed by atoms with Crippen LogP contribution >= 0.6 is 0 Å². The van der Waals surface area contributed by atoms with E-state index < -0.39 is 42.6 Å². The summed E-state index contributed by atoms with van der Waals surface area (Å²) in [7, 11) is 0. The van der Waals surface area contributed by atoms with Crippen LogP contribution < -0.4 is 15.7 Å². The van der Waals surface area contributed by atoms with Crippen LogP contribution in [0.1, 0.15) is 28.6 Å². The van der Waals surface area contributed by atoms with Crippen LogP contribution in [-0.4, -0.2) is 57.0 Å². The second-order valence-corrected chi connectivity index (χ2v) is 7.03. The van der Waals surface area contributed by atoms with Crippen LogP contribution in [-0.2, 0) is 11.2 Å². The number of fused-ring (bicyclic) bond motifs is 1. The van der Waals surface area contributed by atoms with Crippen molar-refractivity contribution in [3.8, 4) is 5.75 Å². The summed E-state index contributed by atoms with van der Waals surface area (Å²) in [4.78, 5) is 28.5. The molecule has 0 radical (unpaired) electrons. The Hall–Kier alpha value is -2.89. The fourth-order valence-corrected chi connectivity index (χ4v) is 3.53. The number of anilines is 1. The smallest absolute Gasteiger partial charge is 0.351 e. The highest BCUT2D eigenvalue weighted by molar-refractivity contribution is 6.06. The van der Waals surface area contributed by atoms with Gasteiger partial charge >= 0.3 is 11.6 Å². The maximum absolute atomic E-state index is 14.2. The Kier molecular flexibility index (Phi) is 5.26. The van der Waals surface area contributed by atoms with Crippen molar-refractivity contribution in [3.63, 3.8) is 0 Å². The topological polar surface area (TPSA) is 123 Å². The summed E-state index contributed by atoms with van der Waals surface area (Å²) in [5.74, 6) is -4.05. The number of carbonyl (C=O) groups is 1. The minimum absolute atomic E-state index is 0.143. The number of para-hydroxylation sites is 1. The first kappa shape index (κ1) is 20.4. The molecule has 1 aromatic carbocycles. The molecule has 0 spiro atoms. The van der Waals surface area contributed by atoms with Crippen molar-refractivity contribution in [2.75, 3.05) is 18.5 Å². The number of rotatable bonds is 4.